The molecule has 1 aliphatic heterocycles. The van der Waals surface area contributed by atoms with E-state index >= 15 is 0 Å². The van der Waals surface area contributed by atoms with Gasteiger partial charge in [-0.15, -0.1) is 0 Å². The molecule has 0 spiro atoms. The molecule has 0 amide bonds. The molecule has 0 unspecified atom stereocenters. The molecule has 0 aromatic heterocycles. The molecule has 7 heteroatoms. The molecule has 1 N–H and O–H groups in total. The standard InChI is InChI=1S/C19H19F3N2O2/c1-13-16(11-25)23-24(10-17(13)26)12-18(7-2-3-8-18)14-5-4-6-15(9-14)19(20,21)22/h4-6,9-11,26H,1-3,7-8,12H2. The Morgan fingerprint density at radius 3 is 2.62 bits per heavy atom. The van der Waals surface area contributed by atoms with Crippen LogP contribution in [0.25, 0.3) is 0 Å². The predicted molar refractivity (Wildman–Crippen MR) is 91.6 cm³/mol. The number of hydrogen-bond acceptors (Lipinski definition) is 4. The fraction of sp³-hybridized carbons (Fsp3) is 0.368. The van der Waals surface area contributed by atoms with Crippen LogP contribution in [-0.4, -0.2) is 28.7 Å². The fourth-order valence-electron chi connectivity index (χ4n) is 3.68. The van der Waals surface area contributed by atoms with E-state index in [0.717, 1.165) is 18.9 Å². The van der Waals surface area contributed by atoms with Gasteiger partial charge in [-0.1, -0.05) is 37.6 Å². The van der Waals surface area contributed by atoms with E-state index in [1.807, 2.05) is 0 Å². The van der Waals surface area contributed by atoms with E-state index in [2.05, 4.69) is 11.7 Å². The molecule has 26 heavy (non-hydrogen) atoms. The summed E-state index contributed by atoms with van der Waals surface area (Å²) in [4.78, 5) is 11.1. The van der Waals surface area contributed by atoms with E-state index < -0.39 is 17.2 Å². The summed E-state index contributed by atoms with van der Waals surface area (Å²) >= 11 is 0. The van der Waals surface area contributed by atoms with Crippen molar-refractivity contribution in [3.05, 3.63) is 59.5 Å². The minimum absolute atomic E-state index is 0.0159. The average Bonchev–Trinajstić information content (AvgIpc) is 3.07. The lowest BCUT2D eigenvalue weighted by molar-refractivity contribution is -0.137. The predicted octanol–water partition coefficient (Wildman–Crippen LogP) is 4.34. The van der Waals surface area contributed by atoms with Crippen LogP contribution in [0.1, 0.15) is 36.8 Å². The molecule has 2 aliphatic rings. The maximum absolute atomic E-state index is 13.1. The summed E-state index contributed by atoms with van der Waals surface area (Å²) in [5.74, 6) is -0.167. The molecule has 1 aromatic carbocycles. The molecule has 1 aromatic rings. The van der Waals surface area contributed by atoms with Gasteiger partial charge in [0.1, 0.15) is 11.5 Å². The summed E-state index contributed by atoms with van der Waals surface area (Å²) < 4.78 is 39.3. The van der Waals surface area contributed by atoms with E-state index in [0.29, 0.717) is 24.7 Å². The van der Waals surface area contributed by atoms with Crippen molar-refractivity contribution in [2.24, 2.45) is 5.10 Å². The van der Waals surface area contributed by atoms with Crippen molar-refractivity contribution in [1.29, 1.82) is 0 Å². The summed E-state index contributed by atoms with van der Waals surface area (Å²) in [5, 5.41) is 15.6. The van der Waals surface area contributed by atoms with Crippen LogP contribution in [0.4, 0.5) is 13.2 Å². The molecule has 0 saturated heterocycles. The number of benzene rings is 1. The zero-order valence-corrected chi connectivity index (χ0v) is 14.1. The first kappa shape index (κ1) is 18.2. The van der Waals surface area contributed by atoms with E-state index in [1.54, 1.807) is 6.07 Å². The number of allylic oxidation sites excluding steroid dienone is 1. The second-order valence-corrected chi connectivity index (χ2v) is 6.76. The number of hydrazone groups is 1. The van der Waals surface area contributed by atoms with Crippen LogP contribution in [-0.2, 0) is 16.4 Å². The molecule has 138 valence electrons. The smallest absolute Gasteiger partial charge is 0.416 e. The van der Waals surface area contributed by atoms with Crippen LogP contribution in [0.15, 0.2) is 53.5 Å². The summed E-state index contributed by atoms with van der Waals surface area (Å²) in [5.41, 5.74) is -0.444. The third kappa shape index (κ3) is 3.38. The number of aliphatic hydroxyl groups is 1. The first-order chi connectivity index (χ1) is 12.2. The molecule has 0 radical (unpaired) electrons. The fourth-order valence-corrected chi connectivity index (χ4v) is 3.68. The first-order valence-electron chi connectivity index (χ1n) is 8.34. The zero-order chi connectivity index (χ0) is 18.9. The number of halogens is 3. The maximum atomic E-state index is 13.1. The topological polar surface area (TPSA) is 52.9 Å². The van der Waals surface area contributed by atoms with Gasteiger partial charge in [-0.25, -0.2) is 0 Å². The lowest BCUT2D eigenvalue weighted by atomic mass is 9.78. The van der Waals surface area contributed by atoms with Gasteiger partial charge in [-0.2, -0.15) is 18.3 Å². The average molecular weight is 364 g/mol. The van der Waals surface area contributed by atoms with Gasteiger partial charge < -0.3 is 5.11 Å². The van der Waals surface area contributed by atoms with Gasteiger partial charge in [0, 0.05) is 11.0 Å². The molecular formula is C19H19F3N2O2. The van der Waals surface area contributed by atoms with Gasteiger partial charge >= 0.3 is 6.18 Å². The highest BCUT2D eigenvalue weighted by Gasteiger charge is 2.39. The lowest BCUT2D eigenvalue weighted by Gasteiger charge is -2.35. The SMILES string of the molecule is C=C1C(O)=CN(CC2(c3cccc(C(F)(F)F)c3)CCCC2)N=C1C=O. The monoisotopic (exact) mass is 364 g/mol. The van der Waals surface area contributed by atoms with Crippen LogP contribution in [0.3, 0.4) is 0 Å². The third-order valence-corrected chi connectivity index (χ3v) is 5.07. The van der Waals surface area contributed by atoms with Crippen LogP contribution < -0.4 is 0 Å². The number of alkyl halides is 3. The van der Waals surface area contributed by atoms with Gasteiger partial charge in [-0.05, 0) is 24.5 Å². The molecule has 1 heterocycles. The van der Waals surface area contributed by atoms with Crippen LogP contribution in [0, 0.1) is 0 Å². The second kappa shape index (κ2) is 6.63. The Labute approximate surface area is 149 Å². The van der Waals surface area contributed by atoms with Crippen LogP contribution in [0.2, 0.25) is 0 Å². The molecule has 4 nitrogen and oxygen atoms in total. The molecule has 3 rings (SSSR count). The number of hydrogen-bond donors (Lipinski definition) is 1. The highest BCUT2D eigenvalue weighted by molar-refractivity contribution is 6.37. The summed E-state index contributed by atoms with van der Waals surface area (Å²) in [6, 6.07) is 5.38. The Morgan fingerprint density at radius 1 is 1.31 bits per heavy atom. The van der Waals surface area contributed by atoms with E-state index in [9.17, 15) is 23.1 Å². The molecule has 1 fully saturated rings. The molecule has 0 bridgehead atoms. The summed E-state index contributed by atoms with van der Waals surface area (Å²) in [6.45, 7) is 3.88. The van der Waals surface area contributed by atoms with Gasteiger partial charge in [0.15, 0.2) is 6.29 Å². The Kier molecular flexibility index (Phi) is 4.64. The normalized spacial score (nSPS) is 20.0. The molecule has 1 saturated carbocycles. The number of nitrogens with zero attached hydrogens (tertiary/aromatic N) is 2. The number of rotatable bonds is 4. The first-order valence-corrected chi connectivity index (χ1v) is 8.34. The van der Waals surface area contributed by atoms with Gasteiger partial charge in [0.2, 0.25) is 0 Å². The minimum atomic E-state index is -4.40. The van der Waals surface area contributed by atoms with Crippen molar-refractivity contribution in [3.63, 3.8) is 0 Å². The van der Waals surface area contributed by atoms with Gasteiger partial charge in [-0.3, -0.25) is 9.80 Å². The molecule has 0 atom stereocenters. The van der Waals surface area contributed by atoms with E-state index in [4.69, 9.17) is 0 Å². The van der Waals surface area contributed by atoms with Crippen molar-refractivity contribution in [3.8, 4) is 0 Å². The van der Waals surface area contributed by atoms with Gasteiger partial charge in [0.25, 0.3) is 0 Å². The highest BCUT2D eigenvalue weighted by Crippen LogP contribution is 2.43. The number of aldehydes is 1. The Hall–Kier alpha value is -2.57. The maximum Gasteiger partial charge on any atom is 0.416 e. The van der Waals surface area contributed by atoms with Crippen molar-refractivity contribution in [2.75, 3.05) is 6.54 Å². The summed E-state index contributed by atoms with van der Waals surface area (Å²) in [6.07, 6.45) is 0.693. The van der Waals surface area contributed by atoms with Crippen LogP contribution >= 0.6 is 0 Å². The largest absolute Gasteiger partial charge is 0.506 e. The Bertz CT molecular complexity index is 790. The molecule has 1 aliphatic carbocycles. The zero-order valence-electron chi connectivity index (χ0n) is 14.1. The van der Waals surface area contributed by atoms with Crippen molar-refractivity contribution in [2.45, 2.75) is 37.3 Å². The van der Waals surface area contributed by atoms with Gasteiger partial charge in [0.05, 0.1) is 18.3 Å². The lowest BCUT2D eigenvalue weighted by Crippen LogP contribution is -2.37. The number of carbonyl (C=O) groups excluding carboxylic acids is 1. The van der Waals surface area contributed by atoms with E-state index in [-0.39, 0.29) is 23.6 Å². The minimum Gasteiger partial charge on any atom is -0.506 e. The summed E-state index contributed by atoms with van der Waals surface area (Å²) in [7, 11) is 0. The Balaban J connectivity index is 1.96. The number of carbonyl (C=O) groups is 1. The quantitative estimate of drug-likeness (QED) is 0.809. The highest BCUT2D eigenvalue weighted by atomic mass is 19.4. The molecular weight excluding hydrogens is 345 g/mol. The van der Waals surface area contributed by atoms with Crippen molar-refractivity contribution in [1.82, 2.24) is 5.01 Å². The Morgan fingerprint density at radius 2 is 2.00 bits per heavy atom. The van der Waals surface area contributed by atoms with Crippen molar-refractivity contribution >= 4 is 12.0 Å². The second-order valence-electron chi connectivity index (χ2n) is 6.76. The third-order valence-electron chi connectivity index (χ3n) is 5.07. The number of aliphatic hydroxyl groups excluding tert-OH is 1. The van der Waals surface area contributed by atoms with Crippen molar-refractivity contribution < 1.29 is 23.1 Å². The van der Waals surface area contributed by atoms with Crippen LogP contribution in [0.5, 0.6) is 0 Å². The van der Waals surface area contributed by atoms with E-state index in [1.165, 1.54) is 23.3 Å².